The van der Waals surface area contributed by atoms with Gasteiger partial charge in [-0.15, -0.1) is 5.10 Å². The smallest absolute Gasteiger partial charge is 0.159 e. The molecule has 1 saturated heterocycles. The lowest BCUT2D eigenvalue weighted by Gasteiger charge is -2.28. The van der Waals surface area contributed by atoms with Gasteiger partial charge in [-0.2, -0.15) is 0 Å². The number of methoxy groups -OCH3 is 1. The van der Waals surface area contributed by atoms with Crippen LogP contribution in [0.1, 0.15) is 25.5 Å². The molecule has 2 heterocycles. The first-order chi connectivity index (χ1) is 8.38. The molecule has 5 heteroatoms. The van der Waals surface area contributed by atoms with Crippen LogP contribution in [0.3, 0.4) is 0 Å². The number of aromatic nitrogens is 3. The predicted molar refractivity (Wildman–Crippen MR) is 62.3 cm³/mol. The Morgan fingerprint density at radius 1 is 1.35 bits per heavy atom. The Balaban J connectivity index is 1.92. The Kier molecular flexibility index (Phi) is 2.78. The number of rotatable bonds is 2. The van der Waals surface area contributed by atoms with Crippen LogP contribution in [0.25, 0.3) is 11.0 Å². The van der Waals surface area contributed by atoms with Gasteiger partial charge in [0, 0.05) is 7.11 Å². The van der Waals surface area contributed by atoms with E-state index in [9.17, 15) is 0 Å². The van der Waals surface area contributed by atoms with Gasteiger partial charge in [-0.25, -0.2) is 4.68 Å². The summed E-state index contributed by atoms with van der Waals surface area (Å²) in [5.74, 6) is 0. The maximum atomic E-state index is 5.83. The minimum absolute atomic E-state index is 0.0684. The van der Waals surface area contributed by atoms with Gasteiger partial charge in [0.15, 0.2) is 12.5 Å². The fourth-order valence-corrected chi connectivity index (χ4v) is 2.22. The van der Waals surface area contributed by atoms with E-state index in [1.807, 2.05) is 28.9 Å². The first kappa shape index (κ1) is 10.7. The van der Waals surface area contributed by atoms with E-state index in [4.69, 9.17) is 9.47 Å². The molecule has 1 aromatic heterocycles. The molecular weight excluding hydrogens is 218 g/mol. The fourth-order valence-electron chi connectivity index (χ4n) is 2.22. The van der Waals surface area contributed by atoms with Crippen LogP contribution in [0.15, 0.2) is 24.3 Å². The average molecular weight is 233 g/mol. The molecule has 0 bridgehead atoms. The van der Waals surface area contributed by atoms with Crippen molar-refractivity contribution in [2.45, 2.75) is 31.8 Å². The zero-order chi connectivity index (χ0) is 11.7. The van der Waals surface area contributed by atoms with E-state index in [0.29, 0.717) is 0 Å². The van der Waals surface area contributed by atoms with Crippen molar-refractivity contribution in [2.75, 3.05) is 7.11 Å². The first-order valence-corrected chi connectivity index (χ1v) is 5.86. The molecule has 1 fully saturated rings. The SMILES string of the molecule is COC1CCCC(n2nnc3ccccc32)O1. The maximum absolute atomic E-state index is 5.83. The molecule has 2 aromatic rings. The Bertz CT molecular complexity index is 511. The van der Waals surface area contributed by atoms with E-state index >= 15 is 0 Å². The van der Waals surface area contributed by atoms with Crippen LogP contribution >= 0.6 is 0 Å². The maximum Gasteiger partial charge on any atom is 0.159 e. The minimum Gasteiger partial charge on any atom is -0.356 e. The molecule has 0 radical (unpaired) electrons. The molecule has 2 atom stereocenters. The Morgan fingerprint density at radius 3 is 3.12 bits per heavy atom. The number of ether oxygens (including phenoxy) is 2. The van der Waals surface area contributed by atoms with E-state index in [1.54, 1.807) is 7.11 Å². The van der Waals surface area contributed by atoms with Gasteiger partial charge in [0.1, 0.15) is 5.52 Å². The molecule has 0 saturated carbocycles. The summed E-state index contributed by atoms with van der Waals surface area (Å²) in [5.41, 5.74) is 1.91. The third-order valence-corrected chi connectivity index (χ3v) is 3.11. The highest BCUT2D eigenvalue weighted by atomic mass is 16.7. The molecule has 1 aliphatic rings. The van der Waals surface area contributed by atoms with Crippen molar-refractivity contribution < 1.29 is 9.47 Å². The number of fused-ring (bicyclic) bond motifs is 1. The summed E-state index contributed by atoms with van der Waals surface area (Å²) in [7, 11) is 1.67. The van der Waals surface area contributed by atoms with Gasteiger partial charge in [0.2, 0.25) is 0 Å². The normalized spacial score (nSPS) is 25.2. The molecule has 5 nitrogen and oxygen atoms in total. The molecule has 1 aliphatic heterocycles. The van der Waals surface area contributed by atoms with E-state index in [2.05, 4.69) is 10.3 Å². The number of nitrogens with zero attached hydrogens (tertiary/aromatic N) is 3. The molecule has 0 N–H and O–H groups in total. The van der Waals surface area contributed by atoms with Crippen LogP contribution in [0.4, 0.5) is 0 Å². The summed E-state index contributed by atoms with van der Waals surface area (Å²) < 4.78 is 12.9. The van der Waals surface area contributed by atoms with E-state index in [1.165, 1.54) is 0 Å². The highest BCUT2D eigenvalue weighted by molar-refractivity contribution is 5.73. The molecule has 3 rings (SSSR count). The fraction of sp³-hybridized carbons (Fsp3) is 0.500. The number of benzene rings is 1. The number of hydrogen-bond acceptors (Lipinski definition) is 4. The number of hydrogen-bond donors (Lipinski definition) is 0. The van der Waals surface area contributed by atoms with Crippen LogP contribution in [0.2, 0.25) is 0 Å². The molecule has 0 aliphatic carbocycles. The average Bonchev–Trinajstić information content (AvgIpc) is 2.82. The minimum atomic E-state index is -0.128. The second kappa shape index (κ2) is 4.43. The lowest BCUT2D eigenvalue weighted by molar-refractivity contribution is -0.204. The molecule has 1 aromatic carbocycles. The predicted octanol–water partition coefficient (Wildman–Crippen LogP) is 2.10. The lowest BCUT2D eigenvalue weighted by atomic mass is 10.1. The van der Waals surface area contributed by atoms with E-state index in [-0.39, 0.29) is 12.5 Å². The van der Waals surface area contributed by atoms with Gasteiger partial charge in [0.05, 0.1) is 5.52 Å². The molecule has 0 amide bonds. The summed E-state index contributed by atoms with van der Waals surface area (Å²) in [6.07, 6.45) is 2.78. The Hall–Kier alpha value is -1.46. The Morgan fingerprint density at radius 2 is 2.24 bits per heavy atom. The van der Waals surface area contributed by atoms with Crippen LogP contribution in [0.5, 0.6) is 0 Å². The van der Waals surface area contributed by atoms with E-state index in [0.717, 1.165) is 30.3 Å². The highest BCUT2D eigenvalue weighted by Gasteiger charge is 2.25. The van der Waals surface area contributed by atoms with Gasteiger partial charge >= 0.3 is 0 Å². The van der Waals surface area contributed by atoms with Gasteiger partial charge in [-0.3, -0.25) is 0 Å². The van der Waals surface area contributed by atoms with Crippen molar-refractivity contribution >= 4 is 11.0 Å². The quantitative estimate of drug-likeness (QED) is 0.797. The summed E-state index contributed by atoms with van der Waals surface area (Å²) in [4.78, 5) is 0. The van der Waals surface area contributed by atoms with E-state index < -0.39 is 0 Å². The second-order valence-electron chi connectivity index (χ2n) is 4.21. The van der Waals surface area contributed by atoms with Crippen molar-refractivity contribution in [3.05, 3.63) is 24.3 Å². The molecule has 17 heavy (non-hydrogen) atoms. The zero-order valence-electron chi connectivity index (χ0n) is 9.74. The first-order valence-electron chi connectivity index (χ1n) is 5.86. The van der Waals surface area contributed by atoms with Gasteiger partial charge in [-0.05, 0) is 31.4 Å². The molecular formula is C12H15N3O2. The lowest BCUT2D eigenvalue weighted by Crippen LogP contribution is -2.27. The third kappa shape index (κ3) is 1.92. The van der Waals surface area contributed by atoms with Crippen molar-refractivity contribution in [3.8, 4) is 0 Å². The largest absolute Gasteiger partial charge is 0.356 e. The topological polar surface area (TPSA) is 49.2 Å². The van der Waals surface area contributed by atoms with Crippen LogP contribution in [0, 0.1) is 0 Å². The summed E-state index contributed by atoms with van der Waals surface area (Å²) in [6.45, 7) is 0. The van der Waals surface area contributed by atoms with Crippen LogP contribution in [-0.2, 0) is 9.47 Å². The summed E-state index contributed by atoms with van der Waals surface area (Å²) >= 11 is 0. The van der Waals surface area contributed by atoms with Gasteiger partial charge in [0.25, 0.3) is 0 Å². The summed E-state index contributed by atoms with van der Waals surface area (Å²) in [6, 6.07) is 7.91. The third-order valence-electron chi connectivity index (χ3n) is 3.11. The monoisotopic (exact) mass is 233 g/mol. The number of para-hydroxylation sites is 1. The second-order valence-corrected chi connectivity index (χ2v) is 4.21. The van der Waals surface area contributed by atoms with Crippen molar-refractivity contribution in [1.29, 1.82) is 0 Å². The van der Waals surface area contributed by atoms with Crippen molar-refractivity contribution in [3.63, 3.8) is 0 Å². The highest BCUT2D eigenvalue weighted by Crippen LogP contribution is 2.28. The van der Waals surface area contributed by atoms with Crippen LogP contribution in [-0.4, -0.2) is 28.4 Å². The molecule has 2 unspecified atom stereocenters. The zero-order valence-corrected chi connectivity index (χ0v) is 9.74. The van der Waals surface area contributed by atoms with Crippen molar-refractivity contribution in [2.24, 2.45) is 0 Å². The van der Waals surface area contributed by atoms with Crippen molar-refractivity contribution in [1.82, 2.24) is 15.0 Å². The van der Waals surface area contributed by atoms with Gasteiger partial charge < -0.3 is 9.47 Å². The standard InChI is InChI=1S/C12H15N3O2/c1-16-12-8-4-7-11(17-12)15-10-6-3-2-5-9(10)13-14-15/h2-3,5-6,11-12H,4,7-8H2,1H3. The van der Waals surface area contributed by atoms with Crippen LogP contribution < -0.4 is 0 Å². The van der Waals surface area contributed by atoms with Gasteiger partial charge in [-0.1, -0.05) is 17.3 Å². The molecule has 0 spiro atoms. The molecule has 90 valence electrons. The Labute approximate surface area is 99.3 Å². The summed E-state index contributed by atoms with van der Waals surface area (Å²) in [5, 5.41) is 8.31.